The standard InChI is InChI=1S/C20H23F2N3O3S/c1-4-27-17-9-14(5-6-16(17)28-20(21)22)15-8-13(3)25(10-15)11-18(26)23-19-7-12(2)24-29-19/h5-7,9,15,20H,3-4,8,10-11H2,1-2H3,(H,23,26)/t15-/m1/s1. The monoisotopic (exact) mass is 423 g/mol. The van der Waals surface area contributed by atoms with Gasteiger partial charge in [-0.3, -0.25) is 4.79 Å². The summed E-state index contributed by atoms with van der Waals surface area (Å²) in [7, 11) is 0. The fourth-order valence-electron chi connectivity index (χ4n) is 3.29. The molecule has 0 saturated carbocycles. The zero-order valence-electron chi connectivity index (χ0n) is 16.3. The Balaban J connectivity index is 1.65. The number of hydrogen-bond acceptors (Lipinski definition) is 6. The minimum atomic E-state index is -2.91. The third-order valence-corrected chi connectivity index (χ3v) is 5.35. The van der Waals surface area contributed by atoms with Gasteiger partial charge in [-0.15, -0.1) is 0 Å². The van der Waals surface area contributed by atoms with Gasteiger partial charge in [0.25, 0.3) is 0 Å². The first-order chi connectivity index (χ1) is 13.9. The van der Waals surface area contributed by atoms with Crippen LogP contribution < -0.4 is 14.8 Å². The van der Waals surface area contributed by atoms with Gasteiger partial charge < -0.3 is 19.7 Å². The summed E-state index contributed by atoms with van der Waals surface area (Å²) < 4.78 is 39.3. The summed E-state index contributed by atoms with van der Waals surface area (Å²) in [5.74, 6) is 0.248. The zero-order valence-corrected chi connectivity index (χ0v) is 17.1. The SMILES string of the molecule is C=C1C[C@@H](c2ccc(OC(F)F)c(OCC)c2)CN1CC(=O)Nc1cc(C)ns1. The van der Waals surface area contributed by atoms with Crippen LogP contribution in [0.15, 0.2) is 36.5 Å². The normalized spacial score (nSPS) is 16.4. The number of nitrogens with one attached hydrogen (secondary N) is 1. The maximum Gasteiger partial charge on any atom is 0.387 e. The summed E-state index contributed by atoms with van der Waals surface area (Å²) in [6, 6.07) is 6.80. The number of aromatic nitrogens is 1. The molecule has 0 aliphatic carbocycles. The fraction of sp³-hybridized carbons (Fsp3) is 0.400. The van der Waals surface area contributed by atoms with Crippen molar-refractivity contribution in [2.45, 2.75) is 32.8 Å². The van der Waals surface area contributed by atoms with Crippen molar-refractivity contribution in [2.75, 3.05) is 25.0 Å². The predicted molar refractivity (Wildman–Crippen MR) is 108 cm³/mol. The van der Waals surface area contributed by atoms with Crippen LogP contribution in [0.4, 0.5) is 13.8 Å². The summed E-state index contributed by atoms with van der Waals surface area (Å²) in [6.45, 7) is 5.94. The van der Waals surface area contributed by atoms with E-state index in [0.29, 0.717) is 24.6 Å². The number of aryl methyl sites for hydroxylation is 1. The molecule has 0 unspecified atom stereocenters. The van der Waals surface area contributed by atoms with Crippen LogP contribution in [0.25, 0.3) is 0 Å². The molecule has 1 amide bonds. The van der Waals surface area contributed by atoms with Crippen LogP contribution in [0.2, 0.25) is 0 Å². The number of anilines is 1. The van der Waals surface area contributed by atoms with E-state index < -0.39 is 6.61 Å². The van der Waals surface area contributed by atoms with Gasteiger partial charge in [0, 0.05) is 18.2 Å². The highest BCUT2D eigenvalue weighted by molar-refractivity contribution is 7.10. The first kappa shape index (κ1) is 21.0. The average Bonchev–Trinajstić information content (AvgIpc) is 3.22. The van der Waals surface area contributed by atoms with E-state index >= 15 is 0 Å². The summed E-state index contributed by atoms with van der Waals surface area (Å²) in [5, 5.41) is 3.56. The number of benzene rings is 1. The highest BCUT2D eigenvalue weighted by atomic mass is 32.1. The molecule has 0 bridgehead atoms. The molecule has 1 aromatic carbocycles. The molecule has 156 valence electrons. The van der Waals surface area contributed by atoms with E-state index in [4.69, 9.17) is 4.74 Å². The van der Waals surface area contributed by atoms with Gasteiger partial charge in [-0.25, -0.2) is 0 Å². The number of halogens is 2. The molecule has 0 spiro atoms. The number of likely N-dealkylation sites (tertiary alicyclic amines) is 1. The van der Waals surface area contributed by atoms with E-state index in [2.05, 4.69) is 21.0 Å². The van der Waals surface area contributed by atoms with Crippen LogP contribution in [0.1, 0.15) is 30.5 Å². The highest BCUT2D eigenvalue weighted by Gasteiger charge is 2.28. The second-order valence-corrected chi connectivity index (χ2v) is 7.55. The van der Waals surface area contributed by atoms with Crippen LogP contribution in [-0.2, 0) is 4.79 Å². The van der Waals surface area contributed by atoms with Crippen LogP contribution in [0, 0.1) is 6.92 Å². The summed E-state index contributed by atoms with van der Waals surface area (Å²) >= 11 is 1.24. The van der Waals surface area contributed by atoms with Gasteiger partial charge in [0.2, 0.25) is 5.91 Å². The summed E-state index contributed by atoms with van der Waals surface area (Å²) in [4.78, 5) is 14.3. The number of carbonyl (C=O) groups is 1. The van der Waals surface area contributed by atoms with E-state index in [0.717, 1.165) is 17.0 Å². The van der Waals surface area contributed by atoms with E-state index in [-0.39, 0.29) is 29.9 Å². The molecular weight excluding hydrogens is 400 g/mol. The lowest BCUT2D eigenvalue weighted by Crippen LogP contribution is -2.30. The van der Waals surface area contributed by atoms with Crippen LogP contribution in [0.5, 0.6) is 11.5 Å². The molecule has 1 fully saturated rings. The van der Waals surface area contributed by atoms with Crippen LogP contribution >= 0.6 is 11.5 Å². The summed E-state index contributed by atoms with van der Waals surface area (Å²) in [6.07, 6.45) is 0.674. The largest absolute Gasteiger partial charge is 0.490 e. The predicted octanol–water partition coefficient (Wildman–Crippen LogP) is 4.39. The number of allylic oxidation sites excluding steroid dienone is 1. The Labute approximate surface area is 172 Å². The van der Waals surface area contributed by atoms with Gasteiger partial charge in [0.1, 0.15) is 5.00 Å². The Bertz CT molecular complexity index is 888. The average molecular weight is 423 g/mol. The Hall–Kier alpha value is -2.68. The molecule has 0 radical (unpaired) electrons. The molecule has 1 N–H and O–H groups in total. The lowest BCUT2D eigenvalue weighted by molar-refractivity contribution is -0.116. The molecule has 6 nitrogen and oxygen atoms in total. The van der Waals surface area contributed by atoms with Gasteiger partial charge in [-0.2, -0.15) is 13.2 Å². The van der Waals surface area contributed by atoms with Crippen molar-refractivity contribution in [1.29, 1.82) is 0 Å². The molecule has 1 aliphatic rings. The van der Waals surface area contributed by atoms with Crippen molar-refractivity contribution < 1.29 is 23.0 Å². The number of amides is 1. The number of ether oxygens (including phenoxy) is 2. The second kappa shape index (κ2) is 9.21. The minimum Gasteiger partial charge on any atom is -0.490 e. The Kier molecular flexibility index (Phi) is 6.68. The lowest BCUT2D eigenvalue weighted by Gasteiger charge is -2.19. The Morgan fingerprint density at radius 2 is 2.21 bits per heavy atom. The molecule has 1 aliphatic heterocycles. The van der Waals surface area contributed by atoms with E-state index in [1.807, 2.05) is 17.9 Å². The first-order valence-electron chi connectivity index (χ1n) is 9.23. The molecular formula is C20H23F2N3O3S. The molecule has 1 aromatic heterocycles. The van der Waals surface area contributed by atoms with Crippen molar-refractivity contribution in [3.05, 3.63) is 47.8 Å². The first-order valence-corrected chi connectivity index (χ1v) is 10.0. The minimum absolute atomic E-state index is 0.0125. The molecule has 1 saturated heterocycles. The van der Waals surface area contributed by atoms with Gasteiger partial charge in [-0.1, -0.05) is 12.6 Å². The number of rotatable bonds is 8. The quantitative estimate of drug-likeness (QED) is 0.682. The number of hydrogen-bond donors (Lipinski definition) is 1. The van der Waals surface area contributed by atoms with Crippen LogP contribution in [0.3, 0.4) is 0 Å². The van der Waals surface area contributed by atoms with E-state index in [1.165, 1.54) is 17.6 Å². The maximum atomic E-state index is 12.6. The Morgan fingerprint density at radius 1 is 1.41 bits per heavy atom. The third kappa shape index (κ3) is 5.44. The van der Waals surface area contributed by atoms with Crippen molar-refractivity contribution in [3.63, 3.8) is 0 Å². The van der Waals surface area contributed by atoms with Crippen molar-refractivity contribution >= 4 is 22.4 Å². The number of carbonyl (C=O) groups excluding carboxylic acids is 1. The second-order valence-electron chi connectivity index (χ2n) is 6.75. The summed E-state index contributed by atoms with van der Waals surface area (Å²) in [5.41, 5.74) is 2.65. The number of alkyl halides is 2. The molecule has 29 heavy (non-hydrogen) atoms. The zero-order chi connectivity index (χ0) is 21.0. The topological polar surface area (TPSA) is 63.7 Å². The number of nitrogens with zero attached hydrogens (tertiary/aromatic N) is 2. The van der Waals surface area contributed by atoms with Crippen LogP contribution in [-0.4, -0.2) is 41.5 Å². The van der Waals surface area contributed by atoms with Gasteiger partial charge in [-0.05, 0) is 55.6 Å². The molecule has 2 heterocycles. The maximum absolute atomic E-state index is 12.6. The Morgan fingerprint density at radius 3 is 2.86 bits per heavy atom. The van der Waals surface area contributed by atoms with Gasteiger partial charge >= 0.3 is 6.61 Å². The fourth-order valence-corrected chi connectivity index (χ4v) is 3.96. The smallest absolute Gasteiger partial charge is 0.387 e. The van der Waals surface area contributed by atoms with Crippen molar-refractivity contribution in [3.8, 4) is 11.5 Å². The molecule has 1 atom stereocenters. The molecule has 3 rings (SSSR count). The van der Waals surface area contributed by atoms with Gasteiger partial charge in [0.15, 0.2) is 11.5 Å². The van der Waals surface area contributed by atoms with Crippen molar-refractivity contribution in [1.82, 2.24) is 9.27 Å². The highest BCUT2D eigenvalue weighted by Crippen LogP contribution is 2.38. The van der Waals surface area contributed by atoms with E-state index in [9.17, 15) is 13.6 Å². The van der Waals surface area contributed by atoms with E-state index in [1.54, 1.807) is 19.1 Å². The molecule has 2 aromatic rings. The van der Waals surface area contributed by atoms with Crippen molar-refractivity contribution in [2.24, 2.45) is 0 Å². The third-order valence-electron chi connectivity index (χ3n) is 4.55. The molecule has 9 heteroatoms. The van der Waals surface area contributed by atoms with Gasteiger partial charge in [0.05, 0.1) is 18.8 Å². The lowest BCUT2D eigenvalue weighted by atomic mass is 9.97.